The number of benzene rings is 3. The molecule has 3 nitrogen and oxygen atoms in total. The largest absolute Gasteiger partial charge is 0.491 e. The van der Waals surface area contributed by atoms with Crippen molar-refractivity contribution >= 4 is 11.6 Å². The number of ether oxygens (including phenoxy) is 1. The van der Waals surface area contributed by atoms with Crippen LogP contribution < -0.4 is 10.1 Å². The lowest BCUT2D eigenvalue weighted by molar-refractivity contribution is -0.115. The molecular weight excluding hydrogens is 334 g/mol. The van der Waals surface area contributed by atoms with Crippen LogP contribution in [0.3, 0.4) is 0 Å². The van der Waals surface area contributed by atoms with Gasteiger partial charge in [-0.25, -0.2) is 0 Å². The maximum absolute atomic E-state index is 12.4. The van der Waals surface area contributed by atoms with Crippen molar-refractivity contribution in [3.05, 3.63) is 95.6 Å². The number of para-hydroxylation sites is 2. The van der Waals surface area contributed by atoms with Crippen LogP contribution in [0.5, 0.6) is 5.75 Å². The van der Waals surface area contributed by atoms with Crippen molar-refractivity contribution in [1.29, 1.82) is 0 Å². The molecule has 0 aromatic heterocycles. The molecule has 0 fully saturated rings. The maximum atomic E-state index is 12.4. The van der Waals surface area contributed by atoms with Gasteiger partial charge in [-0.3, -0.25) is 4.79 Å². The molecule has 0 radical (unpaired) electrons. The summed E-state index contributed by atoms with van der Waals surface area (Å²) in [4.78, 5) is 12.4. The number of hydrogen-bond donors (Lipinski definition) is 1. The molecule has 0 aliphatic rings. The van der Waals surface area contributed by atoms with Crippen LogP contribution in [0, 0.1) is 6.92 Å². The Kier molecular flexibility index (Phi) is 6.64. The van der Waals surface area contributed by atoms with Gasteiger partial charge in [0.25, 0.3) is 0 Å². The predicted octanol–water partition coefficient (Wildman–Crippen LogP) is 5.19. The molecule has 0 aliphatic heterocycles. The Morgan fingerprint density at radius 3 is 2.41 bits per heavy atom. The Labute approximate surface area is 161 Å². The number of nitrogens with one attached hydrogen (secondary N) is 1. The van der Waals surface area contributed by atoms with E-state index in [9.17, 15) is 4.79 Å². The fourth-order valence-corrected chi connectivity index (χ4v) is 2.97. The molecule has 27 heavy (non-hydrogen) atoms. The van der Waals surface area contributed by atoms with Gasteiger partial charge < -0.3 is 10.1 Å². The van der Waals surface area contributed by atoms with Gasteiger partial charge in [0.05, 0.1) is 18.7 Å². The van der Waals surface area contributed by atoms with Crippen LogP contribution in [-0.4, -0.2) is 12.5 Å². The van der Waals surface area contributed by atoms with Crippen LogP contribution in [0.1, 0.15) is 23.1 Å². The molecule has 0 heterocycles. The fraction of sp³-hybridized carbons (Fsp3) is 0.208. The molecule has 0 saturated heterocycles. The molecule has 1 amide bonds. The van der Waals surface area contributed by atoms with Crippen molar-refractivity contribution in [2.45, 2.75) is 26.2 Å². The van der Waals surface area contributed by atoms with E-state index in [1.54, 1.807) is 0 Å². The van der Waals surface area contributed by atoms with Gasteiger partial charge in [-0.15, -0.1) is 0 Å². The molecule has 3 aromatic carbocycles. The number of aryl methyl sites for hydroxylation is 2. The molecule has 1 N–H and O–H groups in total. The normalized spacial score (nSPS) is 10.4. The van der Waals surface area contributed by atoms with Gasteiger partial charge >= 0.3 is 0 Å². The predicted molar refractivity (Wildman–Crippen MR) is 110 cm³/mol. The summed E-state index contributed by atoms with van der Waals surface area (Å²) < 4.78 is 5.92. The molecule has 0 bridgehead atoms. The zero-order chi connectivity index (χ0) is 18.9. The van der Waals surface area contributed by atoms with E-state index in [0.717, 1.165) is 29.7 Å². The monoisotopic (exact) mass is 359 g/mol. The van der Waals surface area contributed by atoms with Crippen LogP contribution in [0.25, 0.3) is 0 Å². The summed E-state index contributed by atoms with van der Waals surface area (Å²) in [7, 11) is 0. The van der Waals surface area contributed by atoms with Crippen molar-refractivity contribution < 1.29 is 9.53 Å². The Morgan fingerprint density at radius 2 is 1.59 bits per heavy atom. The third-order valence-corrected chi connectivity index (χ3v) is 4.48. The van der Waals surface area contributed by atoms with E-state index in [-0.39, 0.29) is 5.91 Å². The summed E-state index contributed by atoms with van der Waals surface area (Å²) in [5.74, 6) is 0.674. The van der Waals surface area contributed by atoms with E-state index in [1.165, 1.54) is 5.56 Å². The minimum atomic E-state index is -0.0374. The lowest BCUT2D eigenvalue weighted by Crippen LogP contribution is -2.16. The highest BCUT2D eigenvalue weighted by Gasteiger charge is 2.09. The quantitative estimate of drug-likeness (QED) is 0.562. The molecule has 0 spiro atoms. The van der Waals surface area contributed by atoms with Crippen LogP contribution in [-0.2, 0) is 17.6 Å². The first-order valence-corrected chi connectivity index (χ1v) is 9.32. The summed E-state index contributed by atoms with van der Waals surface area (Å²) in [6, 6.07) is 25.9. The first-order valence-electron chi connectivity index (χ1n) is 9.32. The Balaban J connectivity index is 1.54. The Bertz CT molecular complexity index is 874. The number of carbonyl (C=O) groups excluding carboxylic acids is 1. The summed E-state index contributed by atoms with van der Waals surface area (Å²) in [5.41, 5.74) is 4.19. The zero-order valence-corrected chi connectivity index (χ0v) is 15.7. The van der Waals surface area contributed by atoms with E-state index in [2.05, 4.69) is 29.6 Å². The summed E-state index contributed by atoms with van der Waals surface area (Å²) in [5, 5.41) is 2.98. The number of carbonyl (C=O) groups is 1. The van der Waals surface area contributed by atoms with E-state index in [4.69, 9.17) is 4.74 Å². The molecule has 138 valence electrons. The highest BCUT2D eigenvalue weighted by molar-refractivity contribution is 5.93. The second kappa shape index (κ2) is 9.58. The fourth-order valence-electron chi connectivity index (χ4n) is 2.97. The van der Waals surface area contributed by atoms with Gasteiger partial charge in [-0.2, -0.15) is 0 Å². The smallest absolute Gasteiger partial charge is 0.228 e. The van der Waals surface area contributed by atoms with Crippen molar-refractivity contribution in [3.8, 4) is 5.75 Å². The van der Waals surface area contributed by atoms with Crippen molar-refractivity contribution in [2.75, 3.05) is 11.9 Å². The Hall–Kier alpha value is -3.07. The highest BCUT2D eigenvalue weighted by atomic mass is 16.5. The van der Waals surface area contributed by atoms with Gasteiger partial charge in [0.2, 0.25) is 5.91 Å². The van der Waals surface area contributed by atoms with Gasteiger partial charge in [0.1, 0.15) is 5.75 Å². The van der Waals surface area contributed by atoms with Crippen LogP contribution in [0.4, 0.5) is 5.69 Å². The second-order valence-electron chi connectivity index (χ2n) is 6.59. The minimum Gasteiger partial charge on any atom is -0.491 e. The van der Waals surface area contributed by atoms with Crippen LogP contribution >= 0.6 is 0 Å². The molecule has 0 atom stereocenters. The number of anilines is 1. The van der Waals surface area contributed by atoms with E-state index >= 15 is 0 Å². The molecule has 0 aliphatic carbocycles. The molecular formula is C24H25NO2. The first-order chi connectivity index (χ1) is 13.2. The average molecular weight is 359 g/mol. The van der Waals surface area contributed by atoms with Crippen LogP contribution in [0.2, 0.25) is 0 Å². The molecule has 0 saturated carbocycles. The molecule has 0 unspecified atom stereocenters. The third-order valence-electron chi connectivity index (χ3n) is 4.48. The standard InChI is InChI=1S/C24H25NO2/c1-19-10-5-6-14-21(19)18-24(26)25-22-15-7-8-16-23(22)27-17-9-13-20-11-3-2-4-12-20/h2-8,10-12,14-16H,9,13,17-18H2,1H3,(H,25,26). The summed E-state index contributed by atoms with van der Waals surface area (Å²) >= 11 is 0. The average Bonchev–Trinajstić information content (AvgIpc) is 2.69. The van der Waals surface area contributed by atoms with E-state index < -0.39 is 0 Å². The zero-order valence-electron chi connectivity index (χ0n) is 15.7. The topological polar surface area (TPSA) is 38.3 Å². The number of rotatable bonds is 8. The first kappa shape index (κ1) is 18.7. The lowest BCUT2D eigenvalue weighted by Gasteiger charge is -2.13. The third kappa shape index (κ3) is 5.71. The van der Waals surface area contributed by atoms with E-state index in [0.29, 0.717) is 18.8 Å². The lowest BCUT2D eigenvalue weighted by atomic mass is 10.1. The molecule has 3 rings (SSSR count). The van der Waals surface area contributed by atoms with Crippen LogP contribution in [0.15, 0.2) is 78.9 Å². The van der Waals surface area contributed by atoms with Crippen molar-refractivity contribution in [3.63, 3.8) is 0 Å². The maximum Gasteiger partial charge on any atom is 0.228 e. The van der Waals surface area contributed by atoms with Crippen molar-refractivity contribution in [1.82, 2.24) is 0 Å². The molecule has 3 aromatic rings. The Morgan fingerprint density at radius 1 is 0.889 bits per heavy atom. The van der Waals surface area contributed by atoms with Crippen molar-refractivity contribution in [2.24, 2.45) is 0 Å². The minimum absolute atomic E-state index is 0.0374. The summed E-state index contributed by atoms with van der Waals surface area (Å²) in [6.07, 6.45) is 2.26. The van der Waals surface area contributed by atoms with Gasteiger partial charge in [-0.1, -0.05) is 66.7 Å². The van der Waals surface area contributed by atoms with Gasteiger partial charge in [0, 0.05) is 0 Å². The van der Waals surface area contributed by atoms with Gasteiger partial charge in [0.15, 0.2) is 0 Å². The number of hydrogen-bond acceptors (Lipinski definition) is 2. The SMILES string of the molecule is Cc1ccccc1CC(=O)Nc1ccccc1OCCCc1ccccc1. The second-order valence-corrected chi connectivity index (χ2v) is 6.59. The summed E-state index contributed by atoms with van der Waals surface area (Å²) in [6.45, 7) is 2.63. The molecule has 3 heteroatoms. The van der Waals surface area contributed by atoms with E-state index in [1.807, 2.05) is 61.5 Å². The highest BCUT2D eigenvalue weighted by Crippen LogP contribution is 2.24. The number of amides is 1. The van der Waals surface area contributed by atoms with Gasteiger partial charge in [-0.05, 0) is 48.6 Å².